The minimum Gasteiger partial charge on any atom is -0.385 e. The molecule has 0 spiro atoms. The average molecular weight is 245 g/mol. The van der Waals surface area contributed by atoms with E-state index < -0.39 is 0 Å². The number of imidazole rings is 1. The van der Waals surface area contributed by atoms with Crippen molar-refractivity contribution in [3.8, 4) is 5.69 Å². The molecule has 96 valence electrons. The molecule has 2 rings (SSSR count). The van der Waals surface area contributed by atoms with Gasteiger partial charge in [0.25, 0.3) is 0 Å². The first-order valence-corrected chi connectivity index (χ1v) is 6.41. The summed E-state index contributed by atoms with van der Waals surface area (Å²) < 4.78 is 1.58. The van der Waals surface area contributed by atoms with Crippen molar-refractivity contribution in [2.45, 2.75) is 26.2 Å². The van der Waals surface area contributed by atoms with E-state index in [4.69, 9.17) is 0 Å². The predicted molar refractivity (Wildman–Crippen MR) is 74.4 cm³/mol. The van der Waals surface area contributed by atoms with E-state index in [1.54, 1.807) is 17.0 Å². The van der Waals surface area contributed by atoms with Crippen LogP contribution in [0.5, 0.6) is 0 Å². The molecule has 0 saturated heterocycles. The molecule has 0 saturated carbocycles. The first kappa shape index (κ1) is 12.5. The fourth-order valence-corrected chi connectivity index (χ4v) is 1.87. The van der Waals surface area contributed by atoms with Crippen LogP contribution in [0, 0.1) is 0 Å². The third-order valence-electron chi connectivity index (χ3n) is 2.90. The fourth-order valence-electron chi connectivity index (χ4n) is 1.87. The van der Waals surface area contributed by atoms with Gasteiger partial charge in [-0.2, -0.15) is 0 Å². The topological polar surface area (TPSA) is 49.8 Å². The van der Waals surface area contributed by atoms with Gasteiger partial charge < -0.3 is 10.3 Å². The van der Waals surface area contributed by atoms with Crippen LogP contribution >= 0.6 is 0 Å². The lowest BCUT2D eigenvalue weighted by molar-refractivity contribution is 0.744. The van der Waals surface area contributed by atoms with Gasteiger partial charge >= 0.3 is 5.69 Å². The zero-order chi connectivity index (χ0) is 12.8. The van der Waals surface area contributed by atoms with E-state index in [0.717, 1.165) is 17.9 Å². The molecule has 1 aromatic heterocycles. The molecule has 1 aromatic carbocycles. The van der Waals surface area contributed by atoms with Crippen LogP contribution in [-0.2, 0) is 0 Å². The maximum atomic E-state index is 11.4. The van der Waals surface area contributed by atoms with Gasteiger partial charge in [0.2, 0.25) is 0 Å². The first-order valence-electron chi connectivity index (χ1n) is 6.41. The van der Waals surface area contributed by atoms with E-state index in [9.17, 15) is 4.79 Å². The van der Waals surface area contributed by atoms with Crippen molar-refractivity contribution < 1.29 is 0 Å². The van der Waals surface area contributed by atoms with Crippen LogP contribution in [-0.4, -0.2) is 16.1 Å². The Kier molecular flexibility index (Phi) is 4.23. The van der Waals surface area contributed by atoms with Crippen molar-refractivity contribution in [1.82, 2.24) is 9.55 Å². The number of H-pyrrole nitrogens is 1. The average Bonchev–Trinajstić information content (AvgIpc) is 2.82. The van der Waals surface area contributed by atoms with Crippen LogP contribution in [0.25, 0.3) is 5.69 Å². The summed E-state index contributed by atoms with van der Waals surface area (Å²) in [7, 11) is 0. The van der Waals surface area contributed by atoms with Crippen molar-refractivity contribution >= 4 is 5.69 Å². The molecule has 2 aromatic rings. The molecule has 0 amide bonds. The van der Waals surface area contributed by atoms with Crippen LogP contribution in [0.4, 0.5) is 5.69 Å². The Hall–Kier alpha value is -1.97. The third-order valence-corrected chi connectivity index (χ3v) is 2.90. The molecule has 0 radical (unpaired) electrons. The lowest BCUT2D eigenvalue weighted by atomic mass is 10.2. The SMILES string of the molecule is CCCCCNc1ccc(-n2cc[nH]c2=O)cc1. The van der Waals surface area contributed by atoms with Crippen molar-refractivity contribution in [3.63, 3.8) is 0 Å². The number of rotatable bonds is 6. The second kappa shape index (κ2) is 6.10. The Bertz CT molecular complexity index is 524. The maximum Gasteiger partial charge on any atom is 0.330 e. The molecular formula is C14H19N3O. The molecule has 0 aliphatic carbocycles. The summed E-state index contributed by atoms with van der Waals surface area (Å²) in [5, 5.41) is 3.37. The van der Waals surface area contributed by atoms with Gasteiger partial charge in [-0.25, -0.2) is 4.79 Å². The highest BCUT2D eigenvalue weighted by molar-refractivity contribution is 5.48. The van der Waals surface area contributed by atoms with Gasteiger partial charge in [-0.05, 0) is 30.7 Å². The Labute approximate surface area is 107 Å². The molecule has 0 fully saturated rings. The quantitative estimate of drug-likeness (QED) is 0.769. The van der Waals surface area contributed by atoms with Crippen LogP contribution in [0.15, 0.2) is 41.5 Å². The minimum atomic E-state index is -0.112. The molecule has 1 heterocycles. The van der Waals surface area contributed by atoms with Gasteiger partial charge in [0.1, 0.15) is 0 Å². The molecule has 0 aliphatic heterocycles. The number of aromatic amines is 1. The number of unbranched alkanes of at least 4 members (excludes halogenated alkanes) is 2. The number of anilines is 1. The number of benzene rings is 1. The first-order chi connectivity index (χ1) is 8.81. The highest BCUT2D eigenvalue weighted by atomic mass is 16.1. The van der Waals surface area contributed by atoms with Gasteiger partial charge in [0.15, 0.2) is 0 Å². The van der Waals surface area contributed by atoms with Crippen LogP contribution < -0.4 is 11.0 Å². The second-order valence-electron chi connectivity index (χ2n) is 4.32. The zero-order valence-electron chi connectivity index (χ0n) is 10.6. The van der Waals surface area contributed by atoms with Crippen molar-refractivity contribution in [1.29, 1.82) is 0 Å². The minimum absolute atomic E-state index is 0.112. The van der Waals surface area contributed by atoms with Crippen molar-refractivity contribution in [3.05, 3.63) is 47.1 Å². The summed E-state index contributed by atoms with van der Waals surface area (Å²) in [5.74, 6) is 0. The summed E-state index contributed by atoms with van der Waals surface area (Å²) in [6.45, 7) is 3.20. The van der Waals surface area contributed by atoms with E-state index >= 15 is 0 Å². The number of nitrogens with zero attached hydrogens (tertiary/aromatic N) is 1. The Balaban J connectivity index is 1.98. The molecular weight excluding hydrogens is 226 g/mol. The molecule has 0 atom stereocenters. The number of hydrogen-bond donors (Lipinski definition) is 2. The Morgan fingerprint density at radius 3 is 2.61 bits per heavy atom. The summed E-state index contributed by atoms with van der Waals surface area (Å²) in [4.78, 5) is 14.1. The van der Waals surface area contributed by atoms with Gasteiger partial charge in [0, 0.05) is 24.6 Å². The lowest BCUT2D eigenvalue weighted by Crippen LogP contribution is -2.13. The normalized spacial score (nSPS) is 10.5. The molecule has 0 bridgehead atoms. The monoisotopic (exact) mass is 245 g/mol. The Morgan fingerprint density at radius 2 is 2.00 bits per heavy atom. The van der Waals surface area contributed by atoms with Gasteiger partial charge in [-0.1, -0.05) is 19.8 Å². The van der Waals surface area contributed by atoms with Crippen LogP contribution in [0.3, 0.4) is 0 Å². The molecule has 4 heteroatoms. The summed E-state index contributed by atoms with van der Waals surface area (Å²) in [6, 6.07) is 7.89. The Morgan fingerprint density at radius 1 is 1.22 bits per heavy atom. The largest absolute Gasteiger partial charge is 0.385 e. The number of nitrogens with one attached hydrogen (secondary N) is 2. The van der Waals surface area contributed by atoms with Gasteiger partial charge in [-0.3, -0.25) is 4.57 Å². The molecule has 0 aliphatic rings. The fraction of sp³-hybridized carbons (Fsp3) is 0.357. The summed E-state index contributed by atoms with van der Waals surface area (Å²) in [5.41, 5.74) is 1.86. The highest BCUT2D eigenvalue weighted by Gasteiger charge is 1.99. The van der Waals surface area contributed by atoms with Crippen molar-refractivity contribution in [2.24, 2.45) is 0 Å². The van der Waals surface area contributed by atoms with E-state index in [0.29, 0.717) is 0 Å². The highest BCUT2D eigenvalue weighted by Crippen LogP contribution is 2.12. The maximum absolute atomic E-state index is 11.4. The predicted octanol–water partition coefficient (Wildman–Crippen LogP) is 2.77. The van der Waals surface area contributed by atoms with E-state index in [2.05, 4.69) is 17.2 Å². The third kappa shape index (κ3) is 3.03. The number of aromatic nitrogens is 2. The molecule has 2 N–H and O–H groups in total. The molecule has 18 heavy (non-hydrogen) atoms. The van der Waals surface area contributed by atoms with Crippen LogP contribution in [0.1, 0.15) is 26.2 Å². The summed E-state index contributed by atoms with van der Waals surface area (Å²) in [6.07, 6.45) is 7.04. The van der Waals surface area contributed by atoms with Crippen LogP contribution in [0.2, 0.25) is 0 Å². The van der Waals surface area contributed by atoms with Gasteiger partial charge in [-0.15, -0.1) is 0 Å². The smallest absolute Gasteiger partial charge is 0.330 e. The van der Waals surface area contributed by atoms with E-state index in [1.165, 1.54) is 19.3 Å². The lowest BCUT2D eigenvalue weighted by Gasteiger charge is -2.07. The number of hydrogen-bond acceptors (Lipinski definition) is 2. The molecule has 4 nitrogen and oxygen atoms in total. The second-order valence-corrected chi connectivity index (χ2v) is 4.32. The zero-order valence-corrected chi connectivity index (χ0v) is 10.6. The van der Waals surface area contributed by atoms with Crippen molar-refractivity contribution in [2.75, 3.05) is 11.9 Å². The molecule has 0 unspecified atom stereocenters. The van der Waals surface area contributed by atoms with E-state index in [-0.39, 0.29) is 5.69 Å². The summed E-state index contributed by atoms with van der Waals surface area (Å²) >= 11 is 0. The van der Waals surface area contributed by atoms with Gasteiger partial charge in [0.05, 0.1) is 5.69 Å². The standard InChI is InChI=1S/C14H19N3O/c1-2-3-4-9-15-12-5-7-13(8-6-12)17-11-10-16-14(17)18/h5-8,10-11,15H,2-4,9H2,1H3,(H,16,18). The van der Waals surface area contributed by atoms with E-state index in [1.807, 2.05) is 24.3 Å².